The molecule has 0 fully saturated rings. The van der Waals surface area contributed by atoms with Crippen LogP contribution in [0.25, 0.3) is 11.1 Å². The number of ether oxygens (including phenoxy) is 1. The highest BCUT2D eigenvalue weighted by molar-refractivity contribution is 5.95. The Morgan fingerprint density at radius 1 is 0.971 bits per heavy atom. The fourth-order valence-corrected chi connectivity index (χ4v) is 4.42. The third-order valence-corrected chi connectivity index (χ3v) is 6.35. The molecule has 0 spiro atoms. The molecule has 0 saturated carbocycles. The van der Waals surface area contributed by atoms with Gasteiger partial charge in [0.15, 0.2) is 0 Å². The number of anilines is 1. The van der Waals surface area contributed by atoms with Gasteiger partial charge in [0, 0.05) is 24.1 Å². The number of hydrogen-bond acceptors (Lipinski definition) is 4. The van der Waals surface area contributed by atoms with E-state index < -0.39 is 18.1 Å². The van der Waals surface area contributed by atoms with Gasteiger partial charge in [-0.3, -0.25) is 4.79 Å². The van der Waals surface area contributed by atoms with Crippen LogP contribution in [-0.2, 0) is 9.53 Å². The highest BCUT2D eigenvalue weighted by Crippen LogP contribution is 2.44. The van der Waals surface area contributed by atoms with E-state index in [9.17, 15) is 19.5 Å². The molecule has 0 aliphatic heterocycles. The molecule has 0 unspecified atom stereocenters. The molecule has 2 amide bonds. The first kappa shape index (κ1) is 24.0. The van der Waals surface area contributed by atoms with E-state index in [-0.39, 0.29) is 30.4 Å². The van der Waals surface area contributed by atoms with Gasteiger partial charge in [0.05, 0.1) is 5.56 Å². The number of carbonyl (C=O) groups excluding carboxylic acids is 2. The van der Waals surface area contributed by atoms with Crippen LogP contribution in [0.5, 0.6) is 0 Å². The van der Waals surface area contributed by atoms with Gasteiger partial charge in [-0.1, -0.05) is 61.5 Å². The SMILES string of the molecule is CC[C@@H](CC(=O)Nc1cc(C(=O)O)ccc1C)NC(=O)OCC1c2ccccc2-c2ccccc21. The lowest BCUT2D eigenvalue weighted by Crippen LogP contribution is -2.38. The van der Waals surface area contributed by atoms with Crippen molar-refractivity contribution in [3.63, 3.8) is 0 Å². The topological polar surface area (TPSA) is 105 Å². The van der Waals surface area contributed by atoms with Crippen molar-refractivity contribution in [2.24, 2.45) is 0 Å². The third kappa shape index (κ3) is 5.35. The molecule has 0 aromatic heterocycles. The number of rotatable bonds is 8. The molecule has 3 N–H and O–H groups in total. The fraction of sp³-hybridized carbons (Fsp3) is 0.250. The van der Waals surface area contributed by atoms with Crippen molar-refractivity contribution in [1.82, 2.24) is 5.32 Å². The maximum Gasteiger partial charge on any atom is 0.407 e. The lowest BCUT2D eigenvalue weighted by atomic mass is 9.98. The van der Waals surface area contributed by atoms with Crippen LogP contribution in [0.1, 0.15) is 52.7 Å². The molecule has 1 atom stereocenters. The lowest BCUT2D eigenvalue weighted by molar-refractivity contribution is -0.116. The zero-order valence-electron chi connectivity index (χ0n) is 19.7. The first-order valence-electron chi connectivity index (χ1n) is 11.6. The predicted octanol–water partition coefficient (Wildman–Crippen LogP) is 5.34. The molecule has 1 aliphatic rings. The van der Waals surface area contributed by atoms with Crippen LogP contribution in [0.15, 0.2) is 66.7 Å². The Kier molecular flexibility index (Phi) is 7.15. The van der Waals surface area contributed by atoms with Gasteiger partial charge in [-0.15, -0.1) is 0 Å². The number of benzene rings is 3. The van der Waals surface area contributed by atoms with E-state index in [1.165, 1.54) is 12.1 Å². The van der Waals surface area contributed by atoms with Gasteiger partial charge in [0.25, 0.3) is 0 Å². The Hall–Kier alpha value is -4.13. The van der Waals surface area contributed by atoms with E-state index in [4.69, 9.17) is 4.74 Å². The summed E-state index contributed by atoms with van der Waals surface area (Å²) < 4.78 is 5.59. The number of amides is 2. The minimum atomic E-state index is -1.07. The summed E-state index contributed by atoms with van der Waals surface area (Å²) in [5, 5.41) is 14.7. The van der Waals surface area contributed by atoms with Crippen molar-refractivity contribution in [2.75, 3.05) is 11.9 Å². The normalized spacial score (nSPS) is 12.9. The van der Waals surface area contributed by atoms with Crippen LogP contribution < -0.4 is 10.6 Å². The monoisotopic (exact) mass is 472 g/mol. The average Bonchev–Trinajstić information content (AvgIpc) is 3.17. The van der Waals surface area contributed by atoms with Crippen molar-refractivity contribution in [2.45, 2.75) is 38.6 Å². The molecule has 180 valence electrons. The fourth-order valence-electron chi connectivity index (χ4n) is 4.42. The summed E-state index contributed by atoms with van der Waals surface area (Å²) in [4.78, 5) is 36.4. The van der Waals surface area contributed by atoms with Crippen LogP contribution in [0.4, 0.5) is 10.5 Å². The van der Waals surface area contributed by atoms with E-state index in [1.807, 2.05) is 31.2 Å². The van der Waals surface area contributed by atoms with E-state index in [0.29, 0.717) is 12.1 Å². The number of alkyl carbamates (subject to hydrolysis) is 1. The number of fused-ring (bicyclic) bond motifs is 3. The predicted molar refractivity (Wildman–Crippen MR) is 134 cm³/mol. The van der Waals surface area contributed by atoms with Crippen molar-refractivity contribution < 1.29 is 24.2 Å². The highest BCUT2D eigenvalue weighted by Gasteiger charge is 2.29. The number of carboxylic acid groups (broad SMARTS) is 1. The lowest BCUT2D eigenvalue weighted by Gasteiger charge is -2.19. The van der Waals surface area contributed by atoms with Crippen LogP contribution in [0.2, 0.25) is 0 Å². The quantitative estimate of drug-likeness (QED) is 0.411. The van der Waals surface area contributed by atoms with Crippen LogP contribution in [-0.4, -0.2) is 35.7 Å². The average molecular weight is 473 g/mol. The number of nitrogens with one attached hydrogen (secondary N) is 2. The number of aromatic carboxylic acids is 1. The third-order valence-electron chi connectivity index (χ3n) is 6.35. The van der Waals surface area contributed by atoms with Gasteiger partial charge in [0.2, 0.25) is 5.91 Å². The van der Waals surface area contributed by atoms with E-state index in [2.05, 4.69) is 34.9 Å². The molecule has 7 heteroatoms. The van der Waals surface area contributed by atoms with Crippen molar-refractivity contribution >= 4 is 23.7 Å². The second kappa shape index (κ2) is 10.4. The van der Waals surface area contributed by atoms with Crippen LogP contribution >= 0.6 is 0 Å². The largest absolute Gasteiger partial charge is 0.478 e. The number of carbonyl (C=O) groups is 3. The Balaban J connectivity index is 1.34. The minimum Gasteiger partial charge on any atom is -0.478 e. The Morgan fingerprint density at radius 3 is 2.20 bits per heavy atom. The summed E-state index contributed by atoms with van der Waals surface area (Å²) in [6.07, 6.45) is -0.000932. The van der Waals surface area contributed by atoms with Gasteiger partial charge in [-0.25, -0.2) is 9.59 Å². The molecule has 0 radical (unpaired) electrons. The molecular weight excluding hydrogens is 444 g/mol. The molecule has 1 aliphatic carbocycles. The maximum absolute atomic E-state index is 12.6. The molecular formula is C28H28N2O5. The zero-order chi connectivity index (χ0) is 24.9. The smallest absolute Gasteiger partial charge is 0.407 e. The molecule has 0 saturated heterocycles. The van der Waals surface area contributed by atoms with Gasteiger partial charge in [-0.05, 0) is 53.3 Å². The van der Waals surface area contributed by atoms with Crippen LogP contribution in [0, 0.1) is 6.92 Å². The van der Waals surface area contributed by atoms with Gasteiger partial charge in [0.1, 0.15) is 6.61 Å². The summed E-state index contributed by atoms with van der Waals surface area (Å²) in [7, 11) is 0. The standard InChI is InChI=1S/C28H28N2O5/c1-3-19(15-26(31)30-25-14-18(27(32)33)13-12-17(25)2)29-28(34)35-16-24-22-10-6-4-8-20(22)21-9-5-7-11-23(21)24/h4-14,19,24H,3,15-16H2,1-2H3,(H,29,34)(H,30,31)(H,32,33)/t19-/m0/s1. The molecule has 35 heavy (non-hydrogen) atoms. The second-order valence-corrected chi connectivity index (χ2v) is 8.66. The summed E-state index contributed by atoms with van der Waals surface area (Å²) >= 11 is 0. The highest BCUT2D eigenvalue weighted by atomic mass is 16.5. The van der Waals surface area contributed by atoms with E-state index >= 15 is 0 Å². The van der Waals surface area contributed by atoms with Gasteiger partial charge < -0.3 is 20.5 Å². The number of carboxylic acids is 1. The summed E-state index contributed by atoms with van der Waals surface area (Å²) in [6.45, 7) is 3.86. The van der Waals surface area contributed by atoms with Crippen LogP contribution in [0.3, 0.4) is 0 Å². The molecule has 3 aromatic rings. The first-order chi connectivity index (χ1) is 16.9. The molecule has 3 aromatic carbocycles. The molecule has 0 bridgehead atoms. The van der Waals surface area contributed by atoms with Gasteiger partial charge >= 0.3 is 12.1 Å². The van der Waals surface area contributed by atoms with Gasteiger partial charge in [-0.2, -0.15) is 0 Å². The zero-order valence-corrected chi connectivity index (χ0v) is 19.7. The Morgan fingerprint density at radius 2 is 1.60 bits per heavy atom. The maximum atomic E-state index is 12.6. The summed E-state index contributed by atoms with van der Waals surface area (Å²) in [6, 6.07) is 20.4. The molecule has 7 nitrogen and oxygen atoms in total. The first-order valence-corrected chi connectivity index (χ1v) is 11.6. The molecule has 4 rings (SSSR count). The summed E-state index contributed by atoms with van der Waals surface area (Å²) in [5.41, 5.74) is 5.85. The van der Waals surface area contributed by atoms with E-state index in [0.717, 1.165) is 27.8 Å². The minimum absolute atomic E-state index is 0.0391. The Labute approximate surface area is 204 Å². The number of hydrogen-bond donors (Lipinski definition) is 3. The van der Waals surface area contributed by atoms with Crippen molar-refractivity contribution in [1.29, 1.82) is 0 Å². The Bertz CT molecular complexity index is 1220. The van der Waals surface area contributed by atoms with Crippen molar-refractivity contribution in [3.05, 3.63) is 89.0 Å². The second-order valence-electron chi connectivity index (χ2n) is 8.66. The number of aryl methyl sites for hydroxylation is 1. The molecule has 0 heterocycles. The van der Waals surface area contributed by atoms with Crippen molar-refractivity contribution in [3.8, 4) is 11.1 Å². The summed E-state index contributed by atoms with van der Waals surface area (Å²) in [5.74, 6) is -1.42. The van der Waals surface area contributed by atoms with E-state index in [1.54, 1.807) is 13.0 Å².